The van der Waals surface area contributed by atoms with E-state index < -0.39 is 11.7 Å². The number of esters is 1. The van der Waals surface area contributed by atoms with E-state index in [1.165, 1.54) is 12.1 Å². The molecule has 32 heavy (non-hydrogen) atoms. The monoisotopic (exact) mass is 435 g/mol. The number of halogens is 1. The Hall–Kier alpha value is -3.40. The molecule has 0 aromatic heterocycles. The molecule has 4 rings (SSSR count). The average molecular weight is 435 g/mol. The number of carbonyl (C=O) groups is 2. The summed E-state index contributed by atoms with van der Waals surface area (Å²) in [6, 6.07) is 14.0. The number of piperidine rings is 1. The Bertz CT molecular complexity index is 1060. The summed E-state index contributed by atoms with van der Waals surface area (Å²) in [6.07, 6.45) is 1.28. The molecule has 1 fully saturated rings. The first-order valence-electron chi connectivity index (χ1n) is 11.0. The number of rotatable bonds is 4. The van der Waals surface area contributed by atoms with Crippen molar-refractivity contribution in [2.75, 3.05) is 31.1 Å². The second-order valence-corrected chi connectivity index (χ2v) is 8.26. The van der Waals surface area contributed by atoms with E-state index in [4.69, 9.17) is 4.74 Å². The number of carbonyl (C=O) groups excluding carboxylic acids is 2. The highest BCUT2D eigenvalue weighted by Crippen LogP contribution is 2.33. The van der Waals surface area contributed by atoms with Gasteiger partial charge in [0.1, 0.15) is 11.9 Å². The highest BCUT2D eigenvalue weighted by atomic mass is 19.1. The summed E-state index contributed by atoms with van der Waals surface area (Å²) in [7, 11) is 0. The molecule has 1 saturated heterocycles. The number of benzene rings is 2. The van der Waals surface area contributed by atoms with Crippen molar-refractivity contribution >= 4 is 17.6 Å². The smallest absolute Gasteiger partial charge is 0.315 e. The van der Waals surface area contributed by atoms with Gasteiger partial charge in [0, 0.05) is 32.1 Å². The molecule has 2 heterocycles. The van der Waals surface area contributed by atoms with E-state index in [0.717, 1.165) is 11.1 Å². The molecule has 2 aliphatic rings. The maximum absolute atomic E-state index is 13.5. The van der Waals surface area contributed by atoms with Crippen molar-refractivity contribution in [1.82, 2.24) is 4.90 Å². The lowest BCUT2D eigenvalue weighted by Crippen LogP contribution is -2.46. The Morgan fingerprint density at radius 3 is 2.66 bits per heavy atom. The second-order valence-electron chi connectivity index (χ2n) is 8.26. The first kappa shape index (κ1) is 21.8. The molecular weight excluding hydrogens is 409 g/mol. The summed E-state index contributed by atoms with van der Waals surface area (Å²) < 4.78 is 18.7. The van der Waals surface area contributed by atoms with Crippen LogP contribution in [0.25, 0.3) is 0 Å². The quantitative estimate of drug-likeness (QED) is 0.686. The number of hydrogen-bond donors (Lipinski definition) is 0. The molecule has 6 nitrogen and oxygen atoms in total. The Labute approximate surface area is 187 Å². The van der Waals surface area contributed by atoms with Crippen molar-refractivity contribution in [2.45, 2.75) is 32.2 Å². The van der Waals surface area contributed by atoms with Gasteiger partial charge in [-0.15, -0.1) is 0 Å². The molecule has 0 spiro atoms. The number of amides is 1. The van der Waals surface area contributed by atoms with Crippen molar-refractivity contribution < 1.29 is 18.7 Å². The van der Waals surface area contributed by atoms with E-state index in [1.54, 1.807) is 17.9 Å². The summed E-state index contributed by atoms with van der Waals surface area (Å²) in [5.74, 6) is -1.30. The highest BCUT2D eigenvalue weighted by molar-refractivity contribution is 5.84. The first-order chi connectivity index (χ1) is 15.5. The molecule has 0 bridgehead atoms. The van der Waals surface area contributed by atoms with Gasteiger partial charge in [0.2, 0.25) is 5.91 Å². The molecule has 1 atom stereocenters. The molecule has 1 amide bonds. The lowest BCUT2D eigenvalue weighted by Gasteiger charge is -2.38. The van der Waals surface area contributed by atoms with Gasteiger partial charge >= 0.3 is 5.97 Å². The second kappa shape index (κ2) is 9.39. The minimum atomic E-state index is -0.471. The third-order valence-electron chi connectivity index (χ3n) is 6.34. The van der Waals surface area contributed by atoms with Crippen LogP contribution in [0.2, 0.25) is 0 Å². The maximum atomic E-state index is 13.5. The van der Waals surface area contributed by atoms with Crippen LogP contribution in [0.4, 0.5) is 10.1 Å². The summed E-state index contributed by atoms with van der Waals surface area (Å²) in [5, 5.41) is 9.33. The number of hydrogen-bond acceptors (Lipinski definition) is 5. The van der Waals surface area contributed by atoms with Gasteiger partial charge in [-0.3, -0.25) is 9.59 Å². The van der Waals surface area contributed by atoms with E-state index in [1.807, 2.05) is 29.2 Å². The molecular formula is C25H26FN3O3. The van der Waals surface area contributed by atoms with Crippen LogP contribution in [-0.2, 0) is 20.9 Å². The zero-order chi connectivity index (χ0) is 22.7. The number of ether oxygens (including phenoxy) is 1. The molecule has 166 valence electrons. The van der Waals surface area contributed by atoms with Crippen molar-refractivity contribution in [3.8, 4) is 6.07 Å². The number of anilines is 1. The third kappa shape index (κ3) is 4.31. The van der Waals surface area contributed by atoms with Crippen LogP contribution in [0.5, 0.6) is 0 Å². The lowest BCUT2D eigenvalue weighted by atomic mass is 9.87. The van der Waals surface area contributed by atoms with Gasteiger partial charge in [-0.25, -0.2) is 4.39 Å². The first-order valence-corrected chi connectivity index (χ1v) is 11.0. The molecule has 0 saturated carbocycles. The van der Waals surface area contributed by atoms with Crippen LogP contribution in [-0.4, -0.2) is 43.0 Å². The average Bonchev–Trinajstić information content (AvgIpc) is 2.83. The Morgan fingerprint density at radius 1 is 1.19 bits per heavy atom. The summed E-state index contributed by atoms with van der Waals surface area (Å²) in [4.78, 5) is 29.7. The lowest BCUT2D eigenvalue weighted by molar-refractivity contribution is -0.147. The van der Waals surface area contributed by atoms with Crippen molar-refractivity contribution in [1.29, 1.82) is 5.26 Å². The summed E-state index contributed by atoms with van der Waals surface area (Å²) in [5.41, 5.74) is 2.92. The minimum absolute atomic E-state index is 0.0491. The topological polar surface area (TPSA) is 73.6 Å². The minimum Gasteiger partial charge on any atom is -0.465 e. The van der Waals surface area contributed by atoms with Crippen LogP contribution in [0, 0.1) is 23.1 Å². The predicted molar refractivity (Wildman–Crippen MR) is 117 cm³/mol. The molecule has 0 radical (unpaired) electrons. The number of nitriles is 1. The van der Waals surface area contributed by atoms with Gasteiger partial charge in [-0.2, -0.15) is 5.26 Å². The largest absolute Gasteiger partial charge is 0.465 e. The van der Waals surface area contributed by atoms with E-state index in [-0.39, 0.29) is 17.8 Å². The van der Waals surface area contributed by atoms with Gasteiger partial charge in [0.05, 0.1) is 23.8 Å². The fraction of sp³-hybridized carbons (Fsp3) is 0.400. The molecule has 2 aromatic carbocycles. The highest BCUT2D eigenvalue weighted by Gasteiger charge is 2.36. The molecule has 0 aliphatic carbocycles. The Morgan fingerprint density at radius 2 is 1.94 bits per heavy atom. The fourth-order valence-corrected chi connectivity index (χ4v) is 4.72. The molecule has 7 heteroatoms. The standard InChI is InChI=1S/C25H26FN3O3/c1-2-32-25(31)22-16-29(15-18-5-3-4-6-21(18)22)24(30)17-9-11-28(12-10-17)23-8-7-20(26)13-19(23)14-27/h3-8,13,17,22H,2,9-12,15-16H2,1H3. The van der Waals surface area contributed by atoms with Crippen LogP contribution in [0.1, 0.15) is 42.4 Å². The normalized spacial score (nSPS) is 18.6. The third-order valence-corrected chi connectivity index (χ3v) is 6.34. The Balaban J connectivity index is 1.45. The Kier molecular flexibility index (Phi) is 6.40. The van der Waals surface area contributed by atoms with Crippen molar-refractivity contribution in [3.63, 3.8) is 0 Å². The van der Waals surface area contributed by atoms with Crippen molar-refractivity contribution in [3.05, 3.63) is 65.0 Å². The molecule has 1 unspecified atom stereocenters. The van der Waals surface area contributed by atoms with Crippen LogP contribution >= 0.6 is 0 Å². The van der Waals surface area contributed by atoms with Crippen LogP contribution < -0.4 is 4.90 Å². The van der Waals surface area contributed by atoms with E-state index in [9.17, 15) is 19.2 Å². The summed E-state index contributed by atoms with van der Waals surface area (Å²) in [6.45, 7) is 4.12. The number of nitrogens with zero attached hydrogens (tertiary/aromatic N) is 3. The van der Waals surface area contributed by atoms with Gasteiger partial charge in [-0.1, -0.05) is 24.3 Å². The zero-order valence-electron chi connectivity index (χ0n) is 18.1. The fourth-order valence-electron chi connectivity index (χ4n) is 4.72. The SMILES string of the molecule is CCOC(=O)C1CN(C(=O)C2CCN(c3ccc(F)cc3C#N)CC2)Cc2ccccc21. The van der Waals surface area contributed by atoms with E-state index in [2.05, 4.69) is 6.07 Å². The predicted octanol–water partition coefficient (Wildman–Crippen LogP) is 3.60. The van der Waals surface area contributed by atoms with Gasteiger partial charge in [-0.05, 0) is 49.1 Å². The van der Waals surface area contributed by atoms with Crippen LogP contribution in [0.3, 0.4) is 0 Å². The molecule has 2 aromatic rings. The maximum Gasteiger partial charge on any atom is 0.315 e. The molecule has 2 aliphatic heterocycles. The van der Waals surface area contributed by atoms with Gasteiger partial charge in [0.15, 0.2) is 0 Å². The van der Waals surface area contributed by atoms with Gasteiger partial charge in [0.25, 0.3) is 0 Å². The van der Waals surface area contributed by atoms with Crippen LogP contribution in [0.15, 0.2) is 42.5 Å². The van der Waals surface area contributed by atoms with Gasteiger partial charge < -0.3 is 14.5 Å². The zero-order valence-corrected chi connectivity index (χ0v) is 18.1. The van der Waals surface area contributed by atoms with Crippen molar-refractivity contribution in [2.24, 2.45) is 5.92 Å². The summed E-state index contributed by atoms with van der Waals surface area (Å²) >= 11 is 0. The molecule has 0 N–H and O–H groups in total. The number of fused-ring (bicyclic) bond motifs is 1. The van der Waals surface area contributed by atoms with E-state index >= 15 is 0 Å². The van der Waals surface area contributed by atoms with E-state index in [0.29, 0.717) is 56.9 Å².